The third-order valence-electron chi connectivity index (χ3n) is 4.00. The van der Waals surface area contributed by atoms with Gasteiger partial charge in [-0.25, -0.2) is 0 Å². The van der Waals surface area contributed by atoms with Crippen LogP contribution in [-0.2, 0) is 6.42 Å². The second kappa shape index (κ2) is 4.40. The molecule has 0 saturated heterocycles. The normalized spacial score (nSPS) is 21.2. The molecule has 3 rings (SSSR count). The van der Waals surface area contributed by atoms with E-state index in [4.69, 9.17) is 0 Å². The number of fused-ring (bicyclic) bond motifs is 1. The van der Waals surface area contributed by atoms with Gasteiger partial charge in [-0.05, 0) is 46.8 Å². The first-order valence-corrected chi connectivity index (χ1v) is 7.19. The molecule has 1 nitrogen and oxygen atoms in total. The fourth-order valence-electron chi connectivity index (χ4n) is 3.19. The van der Waals surface area contributed by atoms with Gasteiger partial charge in [-0.2, -0.15) is 0 Å². The van der Waals surface area contributed by atoms with Gasteiger partial charge < -0.3 is 4.90 Å². The molecule has 0 aromatic heterocycles. The highest BCUT2D eigenvalue weighted by Gasteiger charge is 2.28. The zero-order valence-corrected chi connectivity index (χ0v) is 11.2. The van der Waals surface area contributed by atoms with Gasteiger partial charge in [0.05, 0.1) is 5.69 Å². The topological polar surface area (TPSA) is 3.24 Å². The highest BCUT2D eigenvalue weighted by atomic mass is 79.9. The molecule has 1 aromatic rings. The Morgan fingerprint density at radius 2 is 1.94 bits per heavy atom. The standard InChI is InChI=1S/C14H18BrN/c15-13-8-4-5-11-9-10-16(14(11)13)12-6-2-1-3-7-12/h4-5,8,12H,1-3,6-7,9-10H2. The van der Waals surface area contributed by atoms with Gasteiger partial charge in [-0.15, -0.1) is 0 Å². The van der Waals surface area contributed by atoms with E-state index in [9.17, 15) is 0 Å². The molecule has 0 radical (unpaired) electrons. The third-order valence-corrected chi connectivity index (χ3v) is 4.63. The van der Waals surface area contributed by atoms with Crippen molar-refractivity contribution in [2.75, 3.05) is 11.4 Å². The van der Waals surface area contributed by atoms with E-state index in [1.807, 2.05) is 0 Å². The number of rotatable bonds is 1. The molecule has 86 valence electrons. The van der Waals surface area contributed by atoms with E-state index >= 15 is 0 Å². The molecular weight excluding hydrogens is 262 g/mol. The number of hydrogen-bond donors (Lipinski definition) is 0. The summed E-state index contributed by atoms with van der Waals surface area (Å²) in [6.45, 7) is 1.22. The molecule has 1 fully saturated rings. The summed E-state index contributed by atoms with van der Waals surface area (Å²) in [6.07, 6.45) is 8.28. The van der Waals surface area contributed by atoms with Crippen molar-refractivity contribution in [3.63, 3.8) is 0 Å². The minimum absolute atomic E-state index is 0.800. The van der Waals surface area contributed by atoms with Crippen LogP contribution in [0.25, 0.3) is 0 Å². The van der Waals surface area contributed by atoms with Crippen molar-refractivity contribution in [2.45, 2.75) is 44.6 Å². The molecule has 1 aliphatic heterocycles. The fourth-order valence-corrected chi connectivity index (χ4v) is 3.83. The highest BCUT2D eigenvalue weighted by molar-refractivity contribution is 9.10. The summed E-state index contributed by atoms with van der Waals surface area (Å²) < 4.78 is 1.29. The molecule has 0 unspecified atom stereocenters. The van der Waals surface area contributed by atoms with Gasteiger partial charge >= 0.3 is 0 Å². The monoisotopic (exact) mass is 279 g/mol. The summed E-state index contributed by atoms with van der Waals surface area (Å²) in [5, 5.41) is 0. The van der Waals surface area contributed by atoms with Crippen LogP contribution >= 0.6 is 15.9 Å². The fraction of sp³-hybridized carbons (Fsp3) is 0.571. The molecule has 0 atom stereocenters. The van der Waals surface area contributed by atoms with Crippen LogP contribution in [0.4, 0.5) is 5.69 Å². The molecule has 1 heterocycles. The minimum atomic E-state index is 0.800. The second-order valence-corrected chi connectivity index (χ2v) is 5.84. The summed E-state index contributed by atoms with van der Waals surface area (Å²) in [6, 6.07) is 7.42. The quantitative estimate of drug-likeness (QED) is 0.747. The van der Waals surface area contributed by atoms with Crippen LogP contribution in [0.15, 0.2) is 22.7 Å². The second-order valence-electron chi connectivity index (χ2n) is 4.98. The molecule has 1 aliphatic carbocycles. The average molecular weight is 280 g/mol. The Bertz CT molecular complexity index is 382. The van der Waals surface area contributed by atoms with Gasteiger partial charge in [-0.1, -0.05) is 31.4 Å². The van der Waals surface area contributed by atoms with Gasteiger partial charge in [0.25, 0.3) is 0 Å². The smallest absolute Gasteiger partial charge is 0.0546 e. The first-order chi connectivity index (χ1) is 7.86. The summed E-state index contributed by atoms with van der Waals surface area (Å²) in [5.41, 5.74) is 3.01. The molecular formula is C14H18BrN. The molecule has 16 heavy (non-hydrogen) atoms. The molecule has 0 bridgehead atoms. The SMILES string of the molecule is Brc1cccc2c1N(C1CCCCC1)CC2. The molecule has 0 amide bonds. The van der Waals surface area contributed by atoms with Gasteiger partial charge in [0.15, 0.2) is 0 Å². The third kappa shape index (κ3) is 1.77. The minimum Gasteiger partial charge on any atom is -0.367 e. The molecule has 0 N–H and O–H groups in total. The first-order valence-electron chi connectivity index (χ1n) is 6.40. The van der Waals surface area contributed by atoms with Crippen LogP contribution in [0.1, 0.15) is 37.7 Å². The Kier molecular flexibility index (Phi) is 2.93. The Balaban J connectivity index is 1.89. The number of benzene rings is 1. The van der Waals surface area contributed by atoms with Crippen molar-refractivity contribution in [1.29, 1.82) is 0 Å². The molecule has 2 heteroatoms. The van der Waals surface area contributed by atoms with E-state index in [1.54, 1.807) is 0 Å². The number of nitrogens with zero attached hydrogens (tertiary/aromatic N) is 1. The lowest BCUT2D eigenvalue weighted by Gasteiger charge is -2.33. The molecule has 1 saturated carbocycles. The van der Waals surface area contributed by atoms with Gasteiger partial charge in [0.1, 0.15) is 0 Å². The van der Waals surface area contributed by atoms with Gasteiger partial charge in [-0.3, -0.25) is 0 Å². The summed E-state index contributed by atoms with van der Waals surface area (Å²) in [5.74, 6) is 0. The van der Waals surface area contributed by atoms with Crippen LogP contribution in [-0.4, -0.2) is 12.6 Å². The molecule has 0 spiro atoms. The van der Waals surface area contributed by atoms with Gasteiger partial charge in [0.2, 0.25) is 0 Å². The highest BCUT2D eigenvalue weighted by Crippen LogP contribution is 2.39. The first kappa shape index (κ1) is 10.6. The predicted octanol–water partition coefficient (Wildman–Crippen LogP) is 4.14. The van der Waals surface area contributed by atoms with E-state index in [1.165, 1.54) is 60.8 Å². The van der Waals surface area contributed by atoms with Crippen molar-refractivity contribution in [2.24, 2.45) is 0 Å². The van der Waals surface area contributed by atoms with Crippen molar-refractivity contribution < 1.29 is 0 Å². The Morgan fingerprint density at radius 3 is 2.75 bits per heavy atom. The van der Waals surface area contributed by atoms with Crippen molar-refractivity contribution in [1.82, 2.24) is 0 Å². The Hall–Kier alpha value is -0.500. The molecule has 2 aliphatic rings. The van der Waals surface area contributed by atoms with Crippen molar-refractivity contribution >= 4 is 21.6 Å². The Morgan fingerprint density at radius 1 is 1.12 bits per heavy atom. The number of hydrogen-bond acceptors (Lipinski definition) is 1. The van der Waals surface area contributed by atoms with E-state index in [0.29, 0.717) is 0 Å². The van der Waals surface area contributed by atoms with E-state index in [-0.39, 0.29) is 0 Å². The van der Waals surface area contributed by atoms with E-state index in [0.717, 1.165) is 6.04 Å². The molecule has 1 aromatic carbocycles. The number of anilines is 1. The van der Waals surface area contributed by atoms with Crippen molar-refractivity contribution in [3.8, 4) is 0 Å². The number of para-hydroxylation sites is 1. The van der Waals surface area contributed by atoms with E-state index in [2.05, 4.69) is 39.0 Å². The lowest BCUT2D eigenvalue weighted by molar-refractivity contribution is 0.420. The average Bonchev–Trinajstić information content (AvgIpc) is 2.75. The maximum absolute atomic E-state index is 3.71. The summed E-state index contributed by atoms with van der Waals surface area (Å²) in [4.78, 5) is 2.65. The van der Waals surface area contributed by atoms with E-state index < -0.39 is 0 Å². The Labute approximate surface area is 106 Å². The zero-order chi connectivity index (χ0) is 11.0. The maximum atomic E-state index is 3.71. The van der Waals surface area contributed by atoms with Crippen LogP contribution in [0.5, 0.6) is 0 Å². The maximum Gasteiger partial charge on any atom is 0.0546 e. The number of halogens is 1. The lowest BCUT2D eigenvalue weighted by atomic mass is 9.94. The van der Waals surface area contributed by atoms with Crippen LogP contribution in [0.2, 0.25) is 0 Å². The van der Waals surface area contributed by atoms with Crippen LogP contribution < -0.4 is 4.90 Å². The van der Waals surface area contributed by atoms with Crippen LogP contribution in [0.3, 0.4) is 0 Å². The predicted molar refractivity (Wildman–Crippen MR) is 72.1 cm³/mol. The summed E-state index contributed by atoms with van der Waals surface area (Å²) in [7, 11) is 0. The van der Waals surface area contributed by atoms with Gasteiger partial charge in [0, 0.05) is 17.1 Å². The van der Waals surface area contributed by atoms with Crippen molar-refractivity contribution in [3.05, 3.63) is 28.2 Å². The lowest BCUT2D eigenvalue weighted by Crippen LogP contribution is -2.35. The largest absolute Gasteiger partial charge is 0.367 e. The van der Waals surface area contributed by atoms with Crippen LogP contribution in [0, 0.1) is 0 Å². The summed E-state index contributed by atoms with van der Waals surface area (Å²) >= 11 is 3.71. The zero-order valence-electron chi connectivity index (χ0n) is 9.58.